The summed E-state index contributed by atoms with van der Waals surface area (Å²) in [6.45, 7) is 1.65. The molecule has 0 heterocycles. The number of halogens is 2. The van der Waals surface area contributed by atoms with E-state index in [0.717, 1.165) is 11.1 Å². The van der Waals surface area contributed by atoms with Crippen molar-refractivity contribution in [2.75, 3.05) is 0 Å². The van der Waals surface area contributed by atoms with Crippen LogP contribution in [0, 0.1) is 0 Å². The van der Waals surface area contributed by atoms with Crippen LogP contribution in [0.3, 0.4) is 0 Å². The first-order chi connectivity index (χ1) is 12.8. The first kappa shape index (κ1) is 19.9. The van der Waals surface area contributed by atoms with Crippen LogP contribution in [0.5, 0.6) is 0 Å². The van der Waals surface area contributed by atoms with Gasteiger partial charge in [0.05, 0.1) is 16.8 Å². The fraction of sp³-hybridized carbons (Fsp3) is 0.143. The minimum atomic E-state index is -3.51. The lowest BCUT2D eigenvalue weighted by atomic mass is 10.1. The number of aliphatic hydroxyl groups is 1. The second kappa shape index (κ2) is 8.03. The molecule has 6 heteroatoms. The van der Waals surface area contributed by atoms with Crippen LogP contribution in [0.15, 0.2) is 71.6 Å². The van der Waals surface area contributed by atoms with Gasteiger partial charge in [-0.15, -0.1) is 0 Å². The second-order valence-electron chi connectivity index (χ2n) is 6.33. The molecule has 0 aliphatic carbocycles. The molecule has 0 spiro atoms. The molecule has 0 aliphatic rings. The zero-order chi connectivity index (χ0) is 19.6. The normalized spacial score (nSPS) is 12.7. The Morgan fingerprint density at radius 3 is 2.30 bits per heavy atom. The van der Waals surface area contributed by atoms with Crippen LogP contribution in [0.4, 0.5) is 0 Å². The second-order valence-corrected chi connectivity index (χ2v) is 9.16. The van der Waals surface area contributed by atoms with Crippen molar-refractivity contribution >= 4 is 33.0 Å². The molecule has 0 radical (unpaired) electrons. The summed E-state index contributed by atoms with van der Waals surface area (Å²) in [5, 5.41) is 10.7. The van der Waals surface area contributed by atoms with E-state index >= 15 is 0 Å². The average molecular weight is 421 g/mol. The van der Waals surface area contributed by atoms with Gasteiger partial charge in [-0.05, 0) is 47.9 Å². The highest BCUT2D eigenvalue weighted by Gasteiger charge is 2.16. The summed E-state index contributed by atoms with van der Waals surface area (Å²) in [6.07, 6.45) is -0.643. The van der Waals surface area contributed by atoms with Gasteiger partial charge in [0, 0.05) is 15.6 Å². The zero-order valence-corrected chi connectivity index (χ0v) is 16.9. The quantitative estimate of drug-likeness (QED) is 0.576. The topological polar surface area (TPSA) is 54.4 Å². The molecule has 0 aliphatic heterocycles. The summed E-state index contributed by atoms with van der Waals surface area (Å²) in [4.78, 5) is 0.235. The Morgan fingerprint density at radius 2 is 1.67 bits per heavy atom. The van der Waals surface area contributed by atoms with E-state index in [1.165, 1.54) is 0 Å². The Balaban J connectivity index is 1.86. The molecule has 0 saturated heterocycles. The molecule has 0 aromatic heterocycles. The van der Waals surface area contributed by atoms with E-state index in [1.54, 1.807) is 73.7 Å². The van der Waals surface area contributed by atoms with E-state index in [1.807, 2.05) is 0 Å². The standard InChI is InChI=1S/C21H18Cl2O3S/c1-14(24)17-4-2-3-15(11-17)13-27(25,26)19-8-5-16(6-9-19)20-10-7-18(22)12-21(20)23/h2-12,14,24H,13H2,1H3. The Kier molecular flexibility index (Phi) is 5.92. The lowest BCUT2D eigenvalue weighted by molar-refractivity contribution is 0.199. The summed E-state index contributed by atoms with van der Waals surface area (Å²) in [5.74, 6) is -0.130. The van der Waals surface area contributed by atoms with E-state index in [9.17, 15) is 13.5 Å². The third kappa shape index (κ3) is 4.71. The van der Waals surface area contributed by atoms with Crippen LogP contribution >= 0.6 is 23.2 Å². The van der Waals surface area contributed by atoms with Gasteiger partial charge in [-0.2, -0.15) is 0 Å². The summed E-state index contributed by atoms with van der Waals surface area (Å²) in [6, 6.07) is 18.8. The predicted octanol–water partition coefficient (Wildman–Crippen LogP) is 5.69. The van der Waals surface area contributed by atoms with Gasteiger partial charge >= 0.3 is 0 Å². The van der Waals surface area contributed by atoms with E-state index < -0.39 is 15.9 Å². The van der Waals surface area contributed by atoms with E-state index in [4.69, 9.17) is 23.2 Å². The Bertz CT molecular complexity index is 1060. The maximum Gasteiger partial charge on any atom is 0.182 e. The van der Waals surface area contributed by atoms with E-state index in [2.05, 4.69) is 0 Å². The molecule has 3 rings (SSSR count). The smallest absolute Gasteiger partial charge is 0.182 e. The Morgan fingerprint density at radius 1 is 0.963 bits per heavy atom. The van der Waals surface area contributed by atoms with Crippen LogP contribution in [-0.2, 0) is 15.6 Å². The fourth-order valence-electron chi connectivity index (χ4n) is 2.81. The van der Waals surface area contributed by atoms with Gasteiger partial charge in [0.15, 0.2) is 9.84 Å². The first-order valence-corrected chi connectivity index (χ1v) is 10.7. The van der Waals surface area contributed by atoms with Gasteiger partial charge in [-0.3, -0.25) is 0 Å². The third-order valence-electron chi connectivity index (χ3n) is 4.25. The molecule has 0 amide bonds. The Hall–Kier alpha value is -1.85. The van der Waals surface area contributed by atoms with Crippen molar-refractivity contribution in [2.45, 2.75) is 23.7 Å². The van der Waals surface area contributed by atoms with Crippen molar-refractivity contribution in [3.05, 3.63) is 87.9 Å². The van der Waals surface area contributed by atoms with Gasteiger partial charge in [0.1, 0.15) is 0 Å². The molecule has 3 aromatic carbocycles. The largest absolute Gasteiger partial charge is 0.389 e. The van der Waals surface area contributed by atoms with Crippen LogP contribution in [0.2, 0.25) is 10.0 Å². The van der Waals surface area contributed by atoms with Crippen molar-refractivity contribution in [3.8, 4) is 11.1 Å². The number of aliphatic hydroxyl groups excluding tert-OH is 1. The number of hydrogen-bond acceptors (Lipinski definition) is 3. The lowest BCUT2D eigenvalue weighted by Crippen LogP contribution is -2.05. The zero-order valence-electron chi connectivity index (χ0n) is 14.6. The lowest BCUT2D eigenvalue weighted by Gasteiger charge is -2.10. The molecule has 0 bridgehead atoms. The van der Waals surface area contributed by atoms with Gasteiger partial charge in [0.2, 0.25) is 0 Å². The van der Waals surface area contributed by atoms with Crippen molar-refractivity contribution in [2.24, 2.45) is 0 Å². The predicted molar refractivity (Wildman–Crippen MR) is 110 cm³/mol. The summed E-state index contributed by atoms with van der Waals surface area (Å²) < 4.78 is 25.5. The SMILES string of the molecule is CC(O)c1cccc(CS(=O)(=O)c2ccc(-c3ccc(Cl)cc3Cl)cc2)c1. The number of rotatable bonds is 5. The average Bonchev–Trinajstić information content (AvgIpc) is 2.62. The summed E-state index contributed by atoms with van der Waals surface area (Å²) in [7, 11) is -3.51. The molecule has 1 atom stereocenters. The molecule has 1 N–H and O–H groups in total. The van der Waals surface area contributed by atoms with Gasteiger partial charge in [-0.1, -0.05) is 65.7 Å². The molecular formula is C21H18Cl2O3S. The molecule has 0 saturated carbocycles. The Labute approximate surface area is 169 Å². The first-order valence-electron chi connectivity index (χ1n) is 8.31. The van der Waals surface area contributed by atoms with Gasteiger partial charge in [-0.25, -0.2) is 8.42 Å². The van der Waals surface area contributed by atoms with Gasteiger partial charge < -0.3 is 5.11 Å². The molecule has 27 heavy (non-hydrogen) atoms. The molecule has 140 valence electrons. The van der Waals surface area contributed by atoms with E-state index in [0.29, 0.717) is 21.2 Å². The number of hydrogen-bond donors (Lipinski definition) is 1. The van der Waals surface area contributed by atoms with Gasteiger partial charge in [0.25, 0.3) is 0 Å². The number of sulfone groups is 1. The number of benzene rings is 3. The molecule has 1 unspecified atom stereocenters. The van der Waals surface area contributed by atoms with Crippen LogP contribution < -0.4 is 0 Å². The highest BCUT2D eigenvalue weighted by atomic mass is 35.5. The van der Waals surface area contributed by atoms with Crippen molar-refractivity contribution in [1.29, 1.82) is 0 Å². The molecule has 0 fully saturated rings. The minimum absolute atomic E-state index is 0.130. The van der Waals surface area contributed by atoms with Crippen molar-refractivity contribution in [1.82, 2.24) is 0 Å². The minimum Gasteiger partial charge on any atom is -0.389 e. The van der Waals surface area contributed by atoms with Crippen LogP contribution in [0.1, 0.15) is 24.2 Å². The van der Waals surface area contributed by atoms with Crippen LogP contribution in [0.25, 0.3) is 11.1 Å². The highest BCUT2D eigenvalue weighted by Crippen LogP contribution is 2.31. The summed E-state index contributed by atoms with van der Waals surface area (Å²) in [5.41, 5.74) is 2.93. The molecule has 3 nitrogen and oxygen atoms in total. The van der Waals surface area contributed by atoms with Crippen molar-refractivity contribution < 1.29 is 13.5 Å². The van der Waals surface area contributed by atoms with Crippen LogP contribution in [-0.4, -0.2) is 13.5 Å². The summed E-state index contributed by atoms with van der Waals surface area (Å²) >= 11 is 12.1. The third-order valence-corrected chi connectivity index (χ3v) is 6.50. The van der Waals surface area contributed by atoms with Crippen molar-refractivity contribution in [3.63, 3.8) is 0 Å². The highest BCUT2D eigenvalue weighted by molar-refractivity contribution is 7.90. The maximum absolute atomic E-state index is 12.7. The maximum atomic E-state index is 12.7. The van der Waals surface area contributed by atoms with E-state index in [-0.39, 0.29) is 10.6 Å². The fourth-order valence-corrected chi connectivity index (χ4v) is 4.66. The molecule has 3 aromatic rings. The monoisotopic (exact) mass is 420 g/mol. The molecular weight excluding hydrogens is 403 g/mol.